The molecule has 1 amide bonds. The van der Waals surface area contributed by atoms with Gasteiger partial charge in [-0.05, 0) is 65.7 Å². The largest absolute Gasteiger partial charge is 0.508 e. The van der Waals surface area contributed by atoms with Crippen molar-refractivity contribution in [2.24, 2.45) is 0 Å². The number of nitrogen functional groups attached to an aromatic ring is 1. The van der Waals surface area contributed by atoms with Gasteiger partial charge in [-0.1, -0.05) is 35.3 Å². The maximum atomic E-state index is 13.9. The SMILES string of the molecule is Nc1ccc2c(-c3c(Cl)c(C(=O)NCc4ccc(-c5c6ccc(=O)cc-6oc6cc(O)ccc56)c(C(=O)O)c4)cc(Cl)c3C(=O)O)c3ccc(=[NH2+])cc-3oc2c1. The molecule has 0 fully saturated rings. The van der Waals surface area contributed by atoms with Crippen LogP contribution in [0.3, 0.4) is 0 Å². The number of rotatable bonds is 7. The molecule has 56 heavy (non-hydrogen) atoms. The average Bonchev–Trinajstić information content (AvgIpc) is 3.15. The van der Waals surface area contributed by atoms with Gasteiger partial charge in [0.15, 0.2) is 10.8 Å². The zero-order valence-corrected chi connectivity index (χ0v) is 30.2. The Morgan fingerprint density at radius 1 is 0.696 bits per heavy atom. The van der Waals surface area contributed by atoms with Gasteiger partial charge in [-0.25, -0.2) is 9.59 Å². The lowest BCUT2D eigenvalue weighted by Gasteiger charge is -2.20. The fraction of sp³-hybridized carbons (Fsp3) is 0.0238. The van der Waals surface area contributed by atoms with Gasteiger partial charge in [0.25, 0.3) is 5.91 Å². The van der Waals surface area contributed by atoms with Crippen LogP contribution < -0.4 is 27.2 Å². The van der Waals surface area contributed by atoms with Crippen LogP contribution in [0.4, 0.5) is 5.69 Å². The Balaban J connectivity index is 1.21. The first-order valence-corrected chi connectivity index (χ1v) is 17.5. The molecule has 8 N–H and O–H groups in total. The molecule has 2 heterocycles. The van der Waals surface area contributed by atoms with Gasteiger partial charge in [-0.2, -0.15) is 0 Å². The Hall–Kier alpha value is -7.15. The van der Waals surface area contributed by atoms with Crippen LogP contribution in [0.25, 0.3) is 66.8 Å². The number of aromatic hydroxyl groups is 1. The summed E-state index contributed by atoms with van der Waals surface area (Å²) in [5, 5.41) is 40.5. The Labute approximate surface area is 324 Å². The average molecular weight is 788 g/mol. The molecule has 4 aliphatic rings. The number of carboxylic acid groups (broad SMARTS) is 2. The first-order chi connectivity index (χ1) is 26.8. The molecule has 4 aromatic carbocycles. The predicted octanol–water partition coefficient (Wildman–Crippen LogP) is 6.66. The minimum Gasteiger partial charge on any atom is -0.508 e. The van der Waals surface area contributed by atoms with Crippen LogP contribution in [-0.2, 0) is 6.54 Å². The Bertz CT molecular complexity index is 3060. The zero-order chi connectivity index (χ0) is 39.6. The second-order valence-electron chi connectivity index (χ2n) is 12.9. The molecule has 2 aliphatic carbocycles. The summed E-state index contributed by atoms with van der Waals surface area (Å²) in [6.07, 6.45) is 0. The summed E-state index contributed by atoms with van der Waals surface area (Å²) in [7, 11) is 0. The highest BCUT2D eigenvalue weighted by atomic mass is 35.5. The number of halogens is 2. The van der Waals surface area contributed by atoms with Gasteiger partial charge in [-0.15, -0.1) is 0 Å². The molecule has 0 saturated carbocycles. The van der Waals surface area contributed by atoms with Crippen molar-refractivity contribution in [3.63, 3.8) is 0 Å². The minimum absolute atomic E-state index is 0.0406. The summed E-state index contributed by atoms with van der Waals surface area (Å²) < 4.78 is 12.0. The fourth-order valence-electron chi connectivity index (χ4n) is 6.95. The summed E-state index contributed by atoms with van der Waals surface area (Å²) in [6.45, 7) is -0.170. The molecule has 0 bridgehead atoms. The highest BCUT2D eigenvalue weighted by Gasteiger charge is 2.30. The van der Waals surface area contributed by atoms with Crippen molar-refractivity contribution in [3.8, 4) is 50.7 Å². The van der Waals surface area contributed by atoms with E-state index in [1.165, 1.54) is 30.3 Å². The molecule has 4 aromatic rings. The molecule has 2 aliphatic heterocycles. The van der Waals surface area contributed by atoms with E-state index >= 15 is 0 Å². The standard InChI is InChI=1S/C42H25Cl2N3O9/c43-30-16-29(39(44)38(37(30)42(53)54)36-26-7-2-19(45)12-31(26)55-32-13-20(46)3-8-27(32)36)40(50)47-17-18-1-6-23(28(11-18)41(51)52)35-24-9-4-21(48)14-33(24)56-34-15-22(49)5-10-25(34)35/h1-16,45,48H,17,46H2,(H,47,50)(H,51,52)(H,53,54)/p+1. The van der Waals surface area contributed by atoms with Gasteiger partial charge >= 0.3 is 11.9 Å². The Morgan fingerprint density at radius 2 is 1.36 bits per heavy atom. The molecule has 0 atom stereocenters. The van der Waals surface area contributed by atoms with Crippen molar-refractivity contribution in [3.05, 3.63) is 145 Å². The first kappa shape index (κ1) is 35.9. The molecule has 0 aromatic heterocycles. The normalized spacial score (nSPS) is 11.4. The number of phenolic OH excluding ortho intramolecular Hbond substituents is 1. The number of carbonyl (C=O) groups excluding carboxylic acids is 1. The summed E-state index contributed by atoms with van der Waals surface area (Å²) in [5.41, 5.74) is 8.36. The van der Waals surface area contributed by atoms with Crippen molar-refractivity contribution in [1.82, 2.24) is 5.32 Å². The molecular formula is C42H26Cl2N3O9+. The second-order valence-corrected chi connectivity index (χ2v) is 13.7. The number of benzene rings is 6. The van der Waals surface area contributed by atoms with Gasteiger partial charge in [-0.3, -0.25) is 15.0 Å². The molecular weight excluding hydrogens is 761 g/mol. The van der Waals surface area contributed by atoms with E-state index in [1.54, 1.807) is 60.7 Å². The number of aromatic carboxylic acids is 2. The van der Waals surface area contributed by atoms with E-state index in [1.807, 2.05) is 0 Å². The first-order valence-electron chi connectivity index (χ1n) is 16.7. The molecule has 0 saturated heterocycles. The smallest absolute Gasteiger partial charge is 0.337 e. The highest BCUT2D eigenvalue weighted by molar-refractivity contribution is 6.41. The van der Waals surface area contributed by atoms with Crippen LogP contribution in [-0.4, -0.2) is 33.2 Å². The topological polar surface area (TPSA) is 219 Å². The van der Waals surface area contributed by atoms with E-state index in [9.17, 15) is 34.5 Å². The van der Waals surface area contributed by atoms with Crippen LogP contribution in [0.5, 0.6) is 5.75 Å². The van der Waals surface area contributed by atoms with Crippen molar-refractivity contribution < 1.29 is 43.9 Å². The quantitative estimate of drug-likeness (QED) is 0.0745. The number of amides is 1. The summed E-state index contributed by atoms with van der Waals surface area (Å²) >= 11 is 13.6. The third-order valence-electron chi connectivity index (χ3n) is 9.41. The number of anilines is 1. The Morgan fingerprint density at radius 3 is 2.11 bits per heavy atom. The fourth-order valence-corrected chi connectivity index (χ4v) is 7.56. The van der Waals surface area contributed by atoms with E-state index < -0.39 is 17.8 Å². The lowest BCUT2D eigenvalue weighted by atomic mass is 9.89. The van der Waals surface area contributed by atoms with Crippen LogP contribution in [0, 0.1) is 0 Å². The highest BCUT2D eigenvalue weighted by Crippen LogP contribution is 2.47. The van der Waals surface area contributed by atoms with Crippen LogP contribution in [0.2, 0.25) is 10.0 Å². The summed E-state index contributed by atoms with van der Waals surface area (Å²) in [5.74, 6) is -2.98. The van der Waals surface area contributed by atoms with E-state index in [0.29, 0.717) is 66.5 Å². The van der Waals surface area contributed by atoms with Gasteiger partial charge in [0, 0.05) is 75.1 Å². The third-order valence-corrected chi connectivity index (χ3v) is 10.1. The monoisotopic (exact) mass is 786 g/mol. The van der Waals surface area contributed by atoms with Gasteiger partial charge in [0.1, 0.15) is 28.4 Å². The number of nitrogens with two attached hydrogens (primary N) is 2. The van der Waals surface area contributed by atoms with Crippen LogP contribution in [0.1, 0.15) is 36.6 Å². The van der Waals surface area contributed by atoms with E-state index in [-0.39, 0.29) is 61.4 Å². The number of phenols is 1. The summed E-state index contributed by atoms with van der Waals surface area (Å²) in [6, 6.07) is 24.0. The van der Waals surface area contributed by atoms with Crippen molar-refractivity contribution in [2.45, 2.75) is 6.54 Å². The van der Waals surface area contributed by atoms with Crippen LogP contribution >= 0.6 is 23.2 Å². The molecule has 0 radical (unpaired) electrons. The maximum Gasteiger partial charge on any atom is 0.337 e. The van der Waals surface area contributed by atoms with Crippen molar-refractivity contribution in [2.75, 3.05) is 5.73 Å². The van der Waals surface area contributed by atoms with Gasteiger partial charge in [0.05, 0.1) is 32.8 Å². The molecule has 0 spiro atoms. The molecule has 12 nitrogen and oxygen atoms in total. The predicted molar refractivity (Wildman–Crippen MR) is 209 cm³/mol. The third kappa shape index (κ3) is 6.12. The zero-order valence-electron chi connectivity index (χ0n) is 28.6. The number of carbonyl (C=O) groups is 3. The van der Waals surface area contributed by atoms with E-state index in [0.717, 1.165) is 6.07 Å². The number of nitrogens with one attached hydrogen (secondary N) is 1. The van der Waals surface area contributed by atoms with E-state index in [2.05, 4.69) is 5.32 Å². The second kappa shape index (κ2) is 13.6. The molecule has 8 rings (SSSR count). The molecule has 0 unspecified atom stereocenters. The molecule has 14 heteroatoms. The van der Waals surface area contributed by atoms with E-state index in [4.69, 9.17) is 43.2 Å². The number of fused-ring (bicyclic) bond motifs is 4. The minimum atomic E-state index is -1.40. The van der Waals surface area contributed by atoms with Gasteiger partial charge in [0.2, 0.25) is 0 Å². The Kier molecular flexibility index (Phi) is 8.71. The van der Waals surface area contributed by atoms with Crippen LogP contribution in [0.15, 0.2) is 111 Å². The number of carboxylic acids is 2. The lowest BCUT2D eigenvalue weighted by Crippen LogP contribution is -2.44. The maximum absolute atomic E-state index is 13.9. The van der Waals surface area contributed by atoms with Gasteiger partial charge < -0.3 is 35.2 Å². The van der Waals surface area contributed by atoms with Crippen molar-refractivity contribution in [1.29, 1.82) is 0 Å². The summed E-state index contributed by atoms with van der Waals surface area (Å²) in [4.78, 5) is 51.6. The van der Waals surface area contributed by atoms with Crippen molar-refractivity contribution >= 4 is 68.7 Å². The lowest BCUT2D eigenvalue weighted by molar-refractivity contribution is -0.172. The molecule has 276 valence electrons. The number of hydrogen-bond donors (Lipinski definition) is 6. The number of hydrogen-bond acceptors (Lipinski definition) is 8.